The molecule has 102 valence electrons. The fourth-order valence-electron chi connectivity index (χ4n) is 2.48. The number of nitrogens with zero attached hydrogens (tertiary/aromatic N) is 4. The number of hydrogen-bond acceptors (Lipinski definition) is 7. The molecule has 0 aliphatic carbocycles. The number of nitrogens with two attached hydrogens (primary N) is 1. The van der Waals surface area contributed by atoms with Gasteiger partial charge in [-0.3, -0.25) is 4.90 Å². The Labute approximate surface area is 115 Å². The predicted molar refractivity (Wildman–Crippen MR) is 71.3 cm³/mol. The summed E-state index contributed by atoms with van der Waals surface area (Å²) in [7, 11) is 0. The Bertz CT molecular complexity index is 512. The zero-order valence-electron chi connectivity index (χ0n) is 10.7. The van der Waals surface area contributed by atoms with Crippen molar-refractivity contribution in [3.05, 3.63) is 28.3 Å². The number of hydrogen-bond donors (Lipinski definition) is 1. The van der Waals surface area contributed by atoms with Crippen LogP contribution in [0.1, 0.15) is 42.0 Å². The molecule has 19 heavy (non-hydrogen) atoms. The van der Waals surface area contributed by atoms with E-state index in [-0.39, 0.29) is 0 Å². The van der Waals surface area contributed by atoms with Crippen LogP contribution in [0.25, 0.3) is 0 Å². The summed E-state index contributed by atoms with van der Waals surface area (Å²) in [5.41, 5.74) is 5.48. The standard InChI is InChI=1S/C12H17N5OS/c13-7-11-15-10(16-18-11)8-17-5-2-1-3-9(17)12-14-4-6-19-12/h4,6,9H,1-3,5,7-8,13H2. The van der Waals surface area contributed by atoms with Gasteiger partial charge in [0.15, 0.2) is 5.82 Å². The number of rotatable bonds is 4. The van der Waals surface area contributed by atoms with Crippen LogP contribution in [0, 0.1) is 0 Å². The van der Waals surface area contributed by atoms with E-state index in [1.165, 1.54) is 17.8 Å². The van der Waals surface area contributed by atoms with Crippen LogP contribution in [0.4, 0.5) is 0 Å². The van der Waals surface area contributed by atoms with E-state index in [1.807, 2.05) is 11.6 Å². The molecule has 1 unspecified atom stereocenters. The van der Waals surface area contributed by atoms with Crippen LogP contribution >= 0.6 is 11.3 Å². The smallest absolute Gasteiger partial charge is 0.240 e. The van der Waals surface area contributed by atoms with Crippen molar-refractivity contribution in [3.63, 3.8) is 0 Å². The molecule has 1 aliphatic rings. The Balaban J connectivity index is 1.73. The maximum Gasteiger partial charge on any atom is 0.240 e. The van der Waals surface area contributed by atoms with E-state index < -0.39 is 0 Å². The second-order valence-corrected chi connectivity index (χ2v) is 5.59. The van der Waals surface area contributed by atoms with Gasteiger partial charge in [-0.05, 0) is 19.4 Å². The second-order valence-electron chi connectivity index (χ2n) is 4.66. The molecule has 2 aromatic heterocycles. The Morgan fingerprint density at radius 3 is 3.16 bits per heavy atom. The largest absolute Gasteiger partial charge is 0.338 e. The molecular formula is C12H17N5OS. The molecule has 2 aromatic rings. The molecule has 0 saturated carbocycles. The Hall–Kier alpha value is -1.31. The van der Waals surface area contributed by atoms with E-state index in [0.717, 1.165) is 13.0 Å². The highest BCUT2D eigenvalue weighted by atomic mass is 32.1. The van der Waals surface area contributed by atoms with Gasteiger partial charge in [0.25, 0.3) is 0 Å². The highest BCUT2D eigenvalue weighted by Gasteiger charge is 2.26. The normalized spacial score (nSPS) is 20.8. The Morgan fingerprint density at radius 2 is 2.42 bits per heavy atom. The summed E-state index contributed by atoms with van der Waals surface area (Å²) in [5, 5.41) is 7.19. The lowest BCUT2D eigenvalue weighted by atomic mass is 10.0. The minimum atomic E-state index is 0.295. The van der Waals surface area contributed by atoms with E-state index in [1.54, 1.807) is 11.3 Å². The van der Waals surface area contributed by atoms with Crippen LogP contribution in [0.15, 0.2) is 16.1 Å². The molecule has 2 N–H and O–H groups in total. The van der Waals surface area contributed by atoms with Gasteiger partial charge in [-0.1, -0.05) is 11.6 Å². The molecule has 7 heteroatoms. The molecule has 0 radical (unpaired) electrons. The van der Waals surface area contributed by atoms with Gasteiger partial charge in [0.05, 0.1) is 19.1 Å². The zero-order chi connectivity index (χ0) is 13.1. The lowest BCUT2D eigenvalue weighted by Crippen LogP contribution is -2.33. The van der Waals surface area contributed by atoms with Crippen LogP contribution in [0.5, 0.6) is 0 Å². The molecule has 3 heterocycles. The quantitative estimate of drug-likeness (QED) is 0.917. The van der Waals surface area contributed by atoms with Crippen molar-refractivity contribution in [2.45, 2.75) is 38.4 Å². The molecule has 1 fully saturated rings. The van der Waals surface area contributed by atoms with E-state index in [0.29, 0.717) is 30.8 Å². The molecule has 6 nitrogen and oxygen atoms in total. The molecule has 0 amide bonds. The first-order valence-corrected chi connectivity index (χ1v) is 7.40. The molecule has 0 spiro atoms. The number of thiazole rings is 1. The monoisotopic (exact) mass is 279 g/mol. The maximum absolute atomic E-state index is 5.48. The van der Waals surface area contributed by atoms with E-state index >= 15 is 0 Å². The van der Waals surface area contributed by atoms with Crippen molar-refractivity contribution in [2.24, 2.45) is 5.73 Å². The van der Waals surface area contributed by atoms with Gasteiger partial charge < -0.3 is 10.3 Å². The minimum absolute atomic E-state index is 0.295. The van der Waals surface area contributed by atoms with Crippen molar-refractivity contribution in [2.75, 3.05) is 6.54 Å². The number of piperidine rings is 1. The molecule has 3 rings (SSSR count). The first-order chi connectivity index (χ1) is 9.36. The lowest BCUT2D eigenvalue weighted by Gasteiger charge is -2.33. The van der Waals surface area contributed by atoms with Gasteiger partial charge in [-0.2, -0.15) is 4.98 Å². The SMILES string of the molecule is NCc1nc(CN2CCCCC2c2nccs2)no1. The van der Waals surface area contributed by atoms with Crippen molar-refractivity contribution < 1.29 is 4.52 Å². The summed E-state index contributed by atoms with van der Waals surface area (Å²) in [6.45, 7) is 2.05. The van der Waals surface area contributed by atoms with Crippen LogP contribution in [0.2, 0.25) is 0 Å². The van der Waals surface area contributed by atoms with Crippen molar-refractivity contribution in [3.8, 4) is 0 Å². The molecule has 1 aliphatic heterocycles. The summed E-state index contributed by atoms with van der Waals surface area (Å²) in [4.78, 5) is 11.1. The fraction of sp³-hybridized carbons (Fsp3) is 0.583. The Kier molecular flexibility index (Phi) is 3.86. The summed E-state index contributed by atoms with van der Waals surface area (Å²) in [6, 6.07) is 0.383. The molecular weight excluding hydrogens is 262 g/mol. The van der Waals surface area contributed by atoms with Crippen molar-refractivity contribution in [1.82, 2.24) is 20.0 Å². The van der Waals surface area contributed by atoms with Crippen LogP contribution < -0.4 is 5.73 Å². The van der Waals surface area contributed by atoms with E-state index in [2.05, 4.69) is 20.0 Å². The van der Waals surface area contributed by atoms with Gasteiger partial charge in [0.1, 0.15) is 5.01 Å². The van der Waals surface area contributed by atoms with Crippen LogP contribution in [-0.2, 0) is 13.1 Å². The summed E-state index contributed by atoms with van der Waals surface area (Å²) in [6.07, 6.45) is 5.48. The third kappa shape index (κ3) is 2.83. The van der Waals surface area contributed by atoms with Crippen molar-refractivity contribution in [1.29, 1.82) is 0 Å². The first-order valence-electron chi connectivity index (χ1n) is 6.52. The highest BCUT2D eigenvalue weighted by Crippen LogP contribution is 2.32. The third-order valence-corrected chi connectivity index (χ3v) is 4.26. The summed E-state index contributed by atoms with van der Waals surface area (Å²) in [5.74, 6) is 1.21. The van der Waals surface area contributed by atoms with Gasteiger partial charge in [0.2, 0.25) is 5.89 Å². The molecule has 0 aromatic carbocycles. The highest BCUT2D eigenvalue weighted by molar-refractivity contribution is 7.09. The maximum atomic E-state index is 5.48. The summed E-state index contributed by atoms with van der Waals surface area (Å²) < 4.78 is 5.06. The van der Waals surface area contributed by atoms with Crippen molar-refractivity contribution >= 4 is 11.3 Å². The molecule has 1 saturated heterocycles. The lowest BCUT2D eigenvalue weighted by molar-refractivity contribution is 0.135. The average Bonchev–Trinajstić information content (AvgIpc) is 3.10. The fourth-order valence-corrected chi connectivity index (χ4v) is 3.28. The van der Waals surface area contributed by atoms with Gasteiger partial charge >= 0.3 is 0 Å². The van der Waals surface area contributed by atoms with Gasteiger partial charge in [0, 0.05) is 11.6 Å². The third-order valence-electron chi connectivity index (χ3n) is 3.38. The number of likely N-dealkylation sites (tertiary alicyclic amines) is 1. The van der Waals surface area contributed by atoms with E-state index in [4.69, 9.17) is 10.3 Å². The van der Waals surface area contributed by atoms with Crippen LogP contribution in [0.3, 0.4) is 0 Å². The molecule has 1 atom stereocenters. The van der Waals surface area contributed by atoms with Crippen LogP contribution in [-0.4, -0.2) is 26.6 Å². The topological polar surface area (TPSA) is 81.1 Å². The van der Waals surface area contributed by atoms with Gasteiger partial charge in [-0.15, -0.1) is 11.3 Å². The van der Waals surface area contributed by atoms with E-state index in [9.17, 15) is 0 Å². The Morgan fingerprint density at radius 1 is 1.47 bits per heavy atom. The first kappa shape index (κ1) is 12.7. The molecule has 0 bridgehead atoms. The summed E-state index contributed by atoms with van der Waals surface area (Å²) >= 11 is 1.72. The zero-order valence-corrected chi connectivity index (χ0v) is 11.5. The predicted octanol–water partition coefficient (Wildman–Crippen LogP) is 1.71. The second kappa shape index (κ2) is 5.77. The minimum Gasteiger partial charge on any atom is -0.338 e. The number of aromatic nitrogens is 3. The average molecular weight is 279 g/mol. The van der Waals surface area contributed by atoms with Gasteiger partial charge in [-0.25, -0.2) is 4.98 Å².